The summed E-state index contributed by atoms with van der Waals surface area (Å²) >= 11 is 0.911. The van der Waals surface area contributed by atoms with Gasteiger partial charge in [-0.1, -0.05) is 23.5 Å². The predicted molar refractivity (Wildman–Crippen MR) is 58.5 cm³/mol. The largest absolute Gasteiger partial charge is 0.441 e. The van der Waals surface area contributed by atoms with Gasteiger partial charge in [-0.15, -0.1) is 0 Å². The molecule has 4 nitrogen and oxygen atoms in total. The van der Waals surface area contributed by atoms with Crippen LogP contribution in [-0.2, 0) is 0 Å². The predicted octanol–water partition coefficient (Wildman–Crippen LogP) is 1.70. The molecule has 1 aromatic rings. The maximum Gasteiger partial charge on any atom is 0.441 e. The number of halogens is 3. The van der Waals surface area contributed by atoms with Crippen molar-refractivity contribution in [3.8, 4) is 0 Å². The second-order valence-corrected chi connectivity index (χ2v) is 4.86. The van der Waals surface area contributed by atoms with Crippen LogP contribution < -0.4 is 11.3 Å². The highest BCUT2D eigenvalue weighted by Crippen LogP contribution is 2.30. The molecule has 1 heterocycles. The first-order valence-corrected chi connectivity index (χ1v) is 6.04. The normalized spacial score (nSPS) is 11.7. The summed E-state index contributed by atoms with van der Waals surface area (Å²) < 4.78 is 35.3. The molecule has 16 heavy (non-hydrogen) atoms. The lowest BCUT2D eigenvalue weighted by Crippen LogP contribution is -2.10. The molecule has 0 radical (unpaired) electrons. The van der Waals surface area contributed by atoms with Crippen molar-refractivity contribution < 1.29 is 13.2 Å². The molecule has 90 valence electrons. The number of H-pyrrole nitrogens is 1. The van der Waals surface area contributed by atoms with Crippen LogP contribution in [0.2, 0.25) is 0 Å². The van der Waals surface area contributed by atoms with Gasteiger partial charge >= 0.3 is 5.51 Å². The fourth-order valence-electron chi connectivity index (χ4n) is 0.817. The molecule has 1 aromatic heterocycles. The summed E-state index contributed by atoms with van der Waals surface area (Å²) in [4.78, 5) is 17.1. The number of nitrogens with two attached hydrogens (primary N) is 1. The summed E-state index contributed by atoms with van der Waals surface area (Å²) in [5, 5.41) is 0.229. The number of aromatic amines is 1. The van der Waals surface area contributed by atoms with E-state index in [2.05, 4.69) is 9.97 Å². The standard InChI is InChI=1S/C7H8F3N3OS2/c8-7(9,10)16-2-1-15-6-12-4(11)3-5(14)13-6/h3H,1-2H2,(H3,11,12,13,14). The van der Waals surface area contributed by atoms with Crippen molar-refractivity contribution in [3.63, 3.8) is 0 Å². The van der Waals surface area contributed by atoms with E-state index in [9.17, 15) is 18.0 Å². The fourth-order valence-corrected chi connectivity index (χ4v) is 2.25. The van der Waals surface area contributed by atoms with Crippen LogP contribution in [0.15, 0.2) is 16.0 Å². The van der Waals surface area contributed by atoms with Crippen LogP contribution in [0.4, 0.5) is 19.0 Å². The van der Waals surface area contributed by atoms with E-state index in [-0.39, 0.29) is 34.2 Å². The molecule has 3 N–H and O–H groups in total. The second kappa shape index (κ2) is 5.48. The molecule has 0 unspecified atom stereocenters. The quantitative estimate of drug-likeness (QED) is 0.495. The summed E-state index contributed by atoms with van der Waals surface area (Å²) in [5.41, 5.74) is 0.660. The summed E-state index contributed by atoms with van der Waals surface area (Å²) in [7, 11) is 0. The third kappa shape index (κ3) is 5.31. The summed E-state index contributed by atoms with van der Waals surface area (Å²) in [5.74, 6) is 0.137. The topological polar surface area (TPSA) is 71.8 Å². The van der Waals surface area contributed by atoms with E-state index in [1.807, 2.05) is 0 Å². The zero-order chi connectivity index (χ0) is 12.2. The molecule has 9 heteroatoms. The van der Waals surface area contributed by atoms with Crippen molar-refractivity contribution in [2.45, 2.75) is 10.7 Å². The number of anilines is 1. The van der Waals surface area contributed by atoms with Gasteiger partial charge in [0.1, 0.15) is 5.82 Å². The molecule has 0 saturated carbocycles. The smallest absolute Gasteiger partial charge is 0.383 e. The Morgan fingerprint density at radius 2 is 2.12 bits per heavy atom. The van der Waals surface area contributed by atoms with E-state index < -0.39 is 11.1 Å². The zero-order valence-corrected chi connectivity index (χ0v) is 9.51. The number of rotatable bonds is 4. The van der Waals surface area contributed by atoms with Gasteiger partial charge in [0.05, 0.1) is 0 Å². The van der Waals surface area contributed by atoms with Gasteiger partial charge in [-0.3, -0.25) is 4.79 Å². The van der Waals surface area contributed by atoms with E-state index >= 15 is 0 Å². The molecule has 0 aliphatic heterocycles. The first kappa shape index (κ1) is 13.2. The number of nitrogen functional groups attached to an aromatic ring is 1. The Morgan fingerprint density at radius 1 is 1.44 bits per heavy atom. The van der Waals surface area contributed by atoms with Crippen molar-refractivity contribution in [1.82, 2.24) is 9.97 Å². The van der Waals surface area contributed by atoms with Crippen LogP contribution in [0.25, 0.3) is 0 Å². The highest BCUT2D eigenvalue weighted by Gasteiger charge is 2.27. The Kier molecular flexibility index (Phi) is 4.54. The van der Waals surface area contributed by atoms with Gasteiger partial charge in [0.25, 0.3) is 5.56 Å². The van der Waals surface area contributed by atoms with Crippen LogP contribution in [0.5, 0.6) is 0 Å². The summed E-state index contributed by atoms with van der Waals surface area (Å²) in [6, 6.07) is 1.11. The first-order valence-electron chi connectivity index (χ1n) is 4.07. The van der Waals surface area contributed by atoms with Crippen LogP contribution in [0.1, 0.15) is 0 Å². The number of alkyl halides is 3. The lowest BCUT2D eigenvalue weighted by molar-refractivity contribution is -0.0326. The Bertz CT molecular complexity index is 407. The monoisotopic (exact) mass is 271 g/mol. The Balaban J connectivity index is 2.40. The van der Waals surface area contributed by atoms with Crippen LogP contribution in [0.3, 0.4) is 0 Å². The highest BCUT2D eigenvalue weighted by atomic mass is 32.2. The van der Waals surface area contributed by atoms with E-state index in [0.29, 0.717) is 0 Å². The van der Waals surface area contributed by atoms with Crippen LogP contribution in [-0.4, -0.2) is 27.0 Å². The molecular weight excluding hydrogens is 263 g/mol. The average molecular weight is 271 g/mol. The molecule has 1 rings (SSSR count). The number of hydrogen-bond donors (Lipinski definition) is 2. The van der Waals surface area contributed by atoms with Crippen LogP contribution in [0, 0.1) is 0 Å². The van der Waals surface area contributed by atoms with Gasteiger partial charge < -0.3 is 10.7 Å². The summed E-state index contributed by atoms with van der Waals surface area (Å²) in [6.45, 7) is 0. The molecule has 0 saturated heterocycles. The second-order valence-electron chi connectivity index (χ2n) is 2.62. The zero-order valence-electron chi connectivity index (χ0n) is 7.87. The van der Waals surface area contributed by atoms with Gasteiger partial charge in [-0.2, -0.15) is 13.2 Å². The first-order chi connectivity index (χ1) is 7.37. The van der Waals surface area contributed by atoms with Crippen molar-refractivity contribution in [2.75, 3.05) is 17.2 Å². The average Bonchev–Trinajstić information content (AvgIpc) is 2.09. The Hall–Kier alpha value is -0.830. The van der Waals surface area contributed by atoms with Gasteiger partial charge in [0, 0.05) is 17.6 Å². The van der Waals surface area contributed by atoms with Crippen molar-refractivity contribution in [2.24, 2.45) is 0 Å². The van der Waals surface area contributed by atoms with Crippen molar-refractivity contribution >= 4 is 29.3 Å². The molecule has 0 amide bonds. The fraction of sp³-hybridized carbons (Fsp3) is 0.429. The van der Waals surface area contributed by atoms with Gasteiger partial charge in [-0.25, -0.2) is 4.98 Å². The Labute approximate surface area is 97.2 Å². The maximum absolute atomic E-state index is 11.8. The lowest BCUT2D eigenvalue weighted by Gasteiger charge is -2.04. The minimum atomic E-state index is -4.23. The van der Waals surface area contributed by atoms with E-state index in [1.165, 1.54) is 0 Å². The third-order valence-electron chi connectivity index (χ3n) is 1.33. The number of nitrogens with zero attached hydrogens (tertiary/aromatic N) is 1. The maximum atomic E-state index is 11.8. The number of aromatic nitrogens is 2. The van der Waals surface area contributed by atoms with E-state index in [0.717, 1.165) is 17.8 Å². The van der Waals surface area contributed by atoms with Gasteiger partial charge in [0.15, 0.2) is 5.16 Å². The molecule has 0 aromatic carbocycles. The lowest BCUT2D eigenvalue weighted by atomic mass is 10.6. The number of hydrogen-bond acceptors (Lipinski definition) is 5. The van der Waals surface area contributed by atoms with E-state index in [1.54, 1.807) is 0 Å². The molecule has 0 fully saturated rings. The summed E-state index contributed by atoms with van der Waals surface area (Å²) in [6.07, 6.45) is 0. The molecule has 0 aliphatic carbocycles. The number of thioether (sulfide) groups is 2. The minimum absolute atomic E-state index is 0.0507. The van der Waals surface area contributed by atoms with Crippen molar-refractivity contribution in [1.29, 1.82) is 0 Å². The van der Waals surface area contributed by atoms with E-state index in [4.69, 9.17) is 5.73 Å². The van der Waals surface area contributed by atoms with Crippen LogP contribution >= 0.6 is 23.5 Å². The van der Waals surface area contributed by atoms with Gasteiger partial charge in [-0.05, 0) is 0 Å². The SMILES string of the molecule is Nc1cc(=O)[nH]c(SCCSC(F)(F)F)n1. The highest BCUT2D eigenvalue weighted by molar-refractivity contribution is 8.03. The van der Waals surface area contributed by atoms with Gasteiger partial charge in [0.2, 0.25) is 0 Å². The number of nitrogens with one attached hydrogen (secondary N) is 1. The molecule has 0 spiro atoms. The molecular formula is C7H8F3N3OS2. The Morgan fingerprint density at radius 3 is 2.69 bits per heavy atom. The van der Waals surface area contributed by atoms with Crippen molar-refractivity contribution in [3.05, 3.63) is 16.4 Å². The third-order valence-corrected chi connectivity index (χ3v) is 3.20. The molecule has 0 aliphatic rings. The minimum Gasteiger partial charge on any atom is -0.383 e. The molecule has 0 atom stereocenters. The molecule has 0 bridgehead atoms.